The number of aliphatic hydroxyl groups excluding tert-OH is 2. The topological polar surface area (TPSA) is 66.5 Å². The third kappa shape index (κ3) is 14.8. The van der Waals surface area contributed by atoms with Crippen molar-refractivity contribution >= 4 is 0 Å². The minimum absolute atomic E-state index is 0.222. The lowest BCUT2D eigenvalue weighted by Gasteiger charge is -2.16. The predicted molar refractivity (Wildman–Crippen MR) is 96.0 cm³/mol. The molecule has 134 valence electrons. The van der Waals surface area contributed by atoms with Gasteiger partial charge in [-0.2, -0.15) is 0 Å². The summed E-state index contributed by atoms with van der Waals surface area (Å²) >= 11 is 0. The molecule has 0 radical (unpaired) electrons. The fraction of sp³-hybridized carbons (Fsp3) is 1.00. The van der Waals surface area contributed by atoms with Crippen molar-refractivity contribution in [2.24, 2.45) is 5.73 Å². The third-order valence-corrected chi connectivity index (χ3v) is 4.57. The zero-order valence-corrected chi connectivity index (χ0v) is 14.9. The molecule has 0 saturated heterocycles. The van der Waals surface area contributed by atoms with Crippen LogP contribution in [0.25, 0.3) is 0 Å². The molecule has 2 unspecified atom stereocenters. The van der Waals surface area contributed by atoms with Gasteiger partial charge in [0.2, 0.25) is 0 Å². The summed E-state index contributed by atoms with van der Waals surface area (Å²) < 4.78 is 0. The first-order valence-corrected chi connectivity index (χ1v) is 9.76. The van der Waals surface area contributed by atoms with Crippen LogP contribution < -0.4 is 5.73 Å². The molecule has 0 aliphatic heterocycles. The Morgan fingerprint density at radius 1 is 0.682 bits per heavy atom. The molecule has 2 atom stereocenters. The SMILES string of the molecule is CCCCCCCCCCCCCCCCC(N)C(O)CO. The van der Waals surface area contributed by atoms with E-state index in [1.807, 2.05) is 0 Å². The summed E-state index contributed by atoms with van der Waals surface area (Å²) in [6, 6.07) is -0.262. The molecule has 0 aliphatic rings. The van der Waals surface area contributed by atoms with Gasteiger partial charge in [0.25, 0.3) is 0 Å². The summed E-state index contributed by atoms with van der Waals surface area (Å²) in [4.78, 5) is 0. The molecule has 0 aromatic rings. The Morgan fingerprint density at radius 3 is 1.41 bits per heavy atom. The van der Waals surface area contributed by atoms with Crippen LogP contribution in [0, 0.1) is 0 Å². The number of nitrogens with two attached hydrogens (primary N) is 1. The molecule has 0 amide bonds. The van der Waals surface area contributed by atoms with Crippen molar-refractivity contribution in [1.82, 2.24) is 0 Å². The van der Waals surface area contributed by atoms with Crippen LogP contribution in [0.2, 0.25) is 0 Å². The van der Waals surface area contributed by atoms with E-state index in [0.717, 1.165) is 12.8 Å². The smallest absolute Gasteiger partial charge is 0.0921 e. The summed E-state index contributed by atoms with van der Waals surface area (Å²) in [5.74, 6) is 0. The molecular formula is C19H41NO2. The second-order valence-electron chi connectivity index (χ2n) is 6.80. The number of hydrogen-bond acceptors (Lipinski definition) is 3. The Balaban J connectivity index is 3.08. The summed E-state index contributed by atoms with van der Waals surface area (Å²) in [5, 5.41) is 18.1. The summed E-state index contributed by atoms with van der Waals surface area (Å²) in [6.45, 7) is 2.05. The Labute approximate surface area is 138 Å². The van der Waals surface area contributed by atoms with Crippen LogP contribution in [-0.2, 0) is 0 Å². The van der Waals surface area contributed by atoms with E-state index in [-0.39, 0.29) is 12.6 Å². The van der Waals surface area contributed by atoms with E-state index in [1.165, 1.54) is 83.5 Å². The standard InChI is InChI=1S/C19H41NO2/c1-2-3-4-5-6-7-8-9-10-11-12-13-14-15-16-18(20)19(22)17-21/h18-19,21-22H,2-17,20H2,1H3. The molecule has 0 rings (SSSR count). The highest BCUT2D eigenvalue weighted by Gasteiger charge is 2.12. The Morgan fingerprint density at radius 2 is 1.05 bits per heavy atom. The first-order chi connectivity index (χ1) is 10.7. The molecule has 0 aliphatic carbocycles. The maximum atomic E-state index is 9.36. The maximum absolute atomic E-state index is 9.36. The normalized spacial score (nSPS) is 14.2. The molecule has 0 fully saturated rings. The lowest BCUT2D eigenvalue weighted by molar-refractivity contribution is 0.0711. The average Bonchev–Trinajstić information content (AvgIpc) is 2.54. The summed E-state index contributed by atoms with van der Waals surface area (Å²) in [5.41, 5.74) is 5.76. The van der Waals surface area contributed by atoms with E-state index in [0.29, 0.717) is 0 Å². The second kappa shape index (κ2) is 17.2. The maximum Gasteiger partial charge on any atom is 0.0921 e. The molecule has 4 N–H and O–H groups in total. The first-order valence-electron chi connectivity index (χ1n) is 9.76. The Bertz CT molecular complexity index is 212. The molecule has 0 aromatic carbocycles. The van der Waals surface area contributed by atoms with Crippen molar-refractivity contribution in [1.29, 1.82) is 0 Å². The molecule has 0 heterocycles. The zero-order chi connectivity index (χ0) is 16.5. The minimum atomic E-state index is -0.748. The van der Waals surface area contributed by atoms with Crippen molar-refractivity contribution < 1.29 is 10.2 Å². The third-order valence-electron chi connectivity index (χ3n) is 4.57. The minimum Gasteiger partial charge on any atom is -0.394 e. The Hall–Kier alpha value is -0.120. The average molecular weight is 316 g/mol. The highest BCUT2D eigenvalue weighted by atomic mass is 16.3. The van der Waals surface area contributed by atoms with Crippen molar-refractivity contribution in [2.75, 3.05) is 6.61 Å². The molecular weight excluding hydrogens is 274 g/mol. The monoisotopic (exact) mass is 315 g/mol. The Kier molecular flexibility index (Phi) is 17.1. The number of aliphatic hydroxyl groups is 2. The van der Waals surface area contributed by atoms with Gasteiger partial charge < -0.3 is 15.9 Å². The van der Waals surface area contributed by atoms with Crippen LogP contribution in [0.3, 0.4) is 0 Å². The van der Waals surface area contributed by atoms with Gasteiger partial charge in [-0.1, -0.05) is 96.8 Å². The number of rotatable bonds is 17. The molecule has 0 saturated carbocycles. The lowest BCUT2D eigenvalue weighted by atomic mass is 10.0. The van der Waals surface area contributed by atoms with Crippen molar-refractivity contribution in [3.05, 3.63) is 0 Å². The van der Waals surface area contributed by atoms with Crippen LogP contribution in [0.4, 0.5) is 0 Å². The predicted octanol–water partition coefficient (Wildman–Crippen LogP) is 4.54. The highest BCUT2D eigenvalue weighted by molar-refractivity contribution is 4.70. The van der Waals surface area contributed by atoms with E-state index >= 15 is 0 Å². The van der Waals surface area contributed by atoms with Crippen LogP contribution >= 0.6 is 0 Å². The summed E-state index contributed by atoms with van der Waals surface area (Å²) in [6.07, 6.45) is 19.0. The summed E-state index contributed by atoms with van der Waals surface area (Å²) in [7, 11) is 0. The van der Waals surface area contributed by atoms with Crippen LogP contribution in [0.1, 0.15) is 103 Å². The number of hydrogen-bond donors (Lipinski definition) is 3. The highest BCUT2D eigenvalue weighted by Crippen LogP contribution is 2.13. The van der Waals surface area contributed by atoms with Crippen molar-refractivity contribution in [2.45, 2.75) is 115 Å². The quantitative estimate of drug-likeness (QED) is 0.345. The van der Waals surface area contributed by atoms with Gasteiger partial charge in [0.15, 0.2) is 0 Å². The molecule has 0 aromatic heterocycles. The van der Waals surface area contributed by atoms with Gasteiger partial charge in [0.1, 0.15) is 0 Å². The number of unbranched alkanes of at least 4 members (excludes halogenated alkanes) is 13. The van der Waals surface area contributed by atoms with Crippen LogP contribution in [0.5, 0.6) is 0 Å². The van der Waals surface area contributed by atoms with E-state index in [9.17, 15) is 5.11 Å². The van der Waals surface area contributed by atoms with E-state index in [4.69, 9.17) is 10.8 Å². The molecule has 0 spiro atoms. The van der Waals surface area contributed by atoms with Gasteiger partial charge in [-0.3, -0.25) is 0 Å². The van der Waals surface area contributed by atoms with Gasteiger partial charge in [-0.15, -0.1) is 0 Å². The fourth-order valence-electron chi connectivity index (χ4n) is 2.90. The van der Waals surface area contributed by atoms with E-state index in [2.05, 4.69) is 6.92 Å². The molecule has 3 nitrogen and oxygen atoms in total. The van der Waals surface area contributed by atoms with Crippen molar-refractivity contribution in [3.63, 3.8) is 0 Å². The van der Waals surface area contributed by atoms with Gasteiger partial charge >= 0.3 is 0 Å². The van der Waals surface area contributed by atoms with Gasteiger partial charge in [-0.05, 0) is 6.42 Å². The first kappa shape index (κ1) is 21.9. The fourth-order valence-corrected chi connectivity index (χ4v) is 2.90. The van der Waals surface area contributed by atoms with Gasteiger partial charge in [0, 0.05) is 6.04 Å². The van der Waals surface area contributed by atoms with Gasteiger partial charge in [0.05, 0.1) is 12.7 Å². The zero-order valence-electron chi connectivity index (χ0n) is 14.9. The lowest BCUT2D eigenvalue weighted by Crippen LogP contribution is -2.37. The van der Waals surface area contributed by atoms with E-state index < -0.39 is 6.10 Å². The van der Waals surface area contributed by atoms with Crippen LogP contribution in [0.15, 0.2) is 0 Å². The van der Waals surface area contributed by atoms with E-state index in [1.54, 1.807) is 0 Å². The second-order valence-corrected chi connectivity index (χ2v) is 6.80. The molecule has 22 heavy (non-hydrogen) atoms. The van der Waals surface area contributed by atoms with Crippen molar-refractivity contribution in [3.8, 4) is 0 Å². The van der Waals surface area contributed by atoms with Crippen LogP contribution in [-0.4, -0.2) is 29.0 Å². The molecule has 3 heteroatoms. The van der Waals surface area contributed by atoms with Gasteiger partial charge in [-0.25, -0.2) is 0 Å². The molecule has 0 bridgehead atoms. The largest absolute Gasteiger partial charge is 0.394 e.